The van der Waals surface area contributed by atoms with E-state index in [0.717, 1.165) is 18.8 Å². The zero-order valence-corrected chi connectivity index (χ0v) is 10.8. The van der Waals surface area contributed by atoms with Gasteiger partial charge in [-0.25, -0.2) is 0 Å². The van der Waals surface area contributed by atoms with Crippen molar-refractivity contribution in [2.45, 2.75) is 26.3 Å². The van der Waals surface area contributed by atoms with Gasteiger partial charge in [-0.15, -0.1) is 12.4 Å². The normalized spacial score (nSPS) is 11.6. The lowest BCUT2D eigenvalue weighted by molar-refractivity contribution is -0.120. The Morgan fingerprint density at radius 1 is 1.50 bits per heavy atom. The second-order valence-electron chi connectivity index (χ2n) is 3.01. The van der Waals surface area contributed by atoms with Crippen LogP contribution in [0.15, 0.2) is 0 Å². The van der Waals surface area contributed by atoms with E-state index in [2.05, 4.69) is 24.5 Å². The van der Waals surface area contributed by atoms with Crippen LogP contribution in [0.3, 0.4) is 0 Å². The maximum Gasteiger partial charge on any atom is 0.220 e. The van der Waals surface area contributed by atoms with Crippen molar-refractivity contribution in [2.24, 2.45) is 0 Å². The number of carbonyl (C=O) groups is 1. The van der Waals surface area contributed by atoms with Crippen molar-refractivity contribution in [3.05, 3.63) is 0 Å². The molecule has 0 aliphatic carbocycles. The molecule has 0 aromatic rings. The lowest BCUT2D eigenvalue weighted by atomic mass is 10.3. The summed E-state index contributed by atoms with van der Waals surface area (Å²) in [6, 6.07) is 0.364. The molecule has 0 rings (SSSR count). The molecule has 3 nitrogen and oxygen atoms in total. The largest absolute Gasteiger partial charge is 0.355 e. The Hall–Kier alpha value is 0.0700. The Balaban J connectivity index is 0. The predicted molar refractivity (Wildman–Crippen MR) is 66.4 cm³/mol. The minimum Gasteiger partial charge on any atom is -0.355 e. The first-order valence-corrected chi connectivity index (χ1v) is 6.09. The summed E-state index contributed by atoms with van der Waals surface area (Å²) in [5, 5.41) is 6.12. The van der Waals surface area contributed by atoms with Crippen LogP contribution >= 0.6 is 24.2 Å². The zero-order valence-electron chi connectivity index (χ0n) is 9.13. The van der Waals surface area contributed by atoms with Crippen molar-refractivity contribution in [2.75, 3.05) is 25.1 Å². The van der Waals surface area contributed by atoms with Gasteiger partial charge >= 0.3 is 0 Å². The molecule has 0 radical (unpaired) electrons. The van der Waals surface area contributed by atoms with Crippen molar-refractivity contribution in [3.8, 4) is 0 Å². The maximum absolute atomic E-state index is 11.2. The number of halogens is 1. The summed E-state index contributed by atoms with van der Waals surface area (Å²) in [5.74, 6) is 1.06. The molecule has 0 unspecified atom stereocenters. The minimum absolute atomic E-state index is 0. The number of carbonyl (C=O) groups excluding carboxylic acids is 1. The average Bonchev–Trinajstić information content (AvgIpc) is 2.12. The van der Waals surface area contributed by atoms with Crippen molar-refractivity contribution in [1.82, 2.24) is 10.6 Å². The Bertz CT molecular complexity index is 147. The van der Waals surface area contributed by atoms with E-state index in [0.29, 0.717) is 12.5 Å². The Morgan fingerprint density at radius 3 is 2.64 bits per heavy atom. The van der Waals surface area contributed by atoms with Crippen LogP contribution in [0.5, 0.6) is 0 Å². The first-order chi connectivity index (χ1) is 6.20. The molecule has 0 spiro atoms. The third kappa shape index (κ3) is 10.2. The van der Waals surface area contributed by atoms with Crippen LogP contribution in [0.2, 0.25) is 0 Å². The van der Waals surface area contributed by atoms with Crippen molar-refractivity contribution >= 4 is 30.1 Å². The summed E-state index contributed by atoms with van der Waals surface area (Å²) in [5.41, 5.74) is 0. The van der Waals surface area contributed by atoms with E-state index in [1.807, 2.05) is 6.26 Å². The highest BCUT2D eigenvalue weighted by Gasteiger charge is 2.02. The highest BCUT2D eigenvalue weighted by molar-refractivity contribution is 7.98. The highest BCUT2D eigenvalue weighted by Crippen LogP contribution is 1.94. The number of hydrogen-bond acceptors (Lipinski definition) is 3. The second kappa shape index (κ2) is 11.1. The second-order valence-corrected chi connectivity index (χ2v) is 3.99. The summed E-state index contributed by atoms with van der Waals surface area (Å²) in [6.07, 6.45) is 2.63. The summed E-state index contributed by atoms with van der Waals surface area (Å²) < 4.78 is 0. The van der Waals surface area contributed by atoms with E-state index < -0.39 is 0 Å². The average molecular weight is 241 g/mol. The molecule has 0 heterocycles. The van der Waals surface area contributed by atoms with E-state index in [1.54, 1.807) is 11.8 Å². The molecule has 0 bridgehead atoms. The van der Waals surface area contributed by atoms with Gasteiger partial charge in [0.25, 0.3) is 0 Å². The van der Waals surface area contributed by atoms with Gasteiger partial charge in [-0.05, 0) is 19.7 Å². The van der Waals surface area contributed by atoms with E-state index in [9.17, 15) is 4.79 Å². The van der Waals surface area contributed by atoms with Gasteiger partial charge in [-0.3, -0.25) is 4.79 Å². The first-order valence-electron chi connectivity index (χ1n) is 4.69. The monoisotopic (exact) mass is 240 g/mol. The van der Waals surface area contributed by atoms with Crippen LogP contribution in [0, 0.1) is 0 Å². The van der Waals surface area contributed by atoms with Crippen LogP contribution < -0.4 is 10.6 Å². The Labute approximate surface area is 97.2 Å². The Kier molecular flexibility index (Phi) is 13.1. The SMILES string of the molecule is CCN[C@H](C)CNC(=O)CCSC.Cl. The number of hydrogen-bond donors (Lipinski definition) is 2. The van der Waals surface area contributed by atoms with E-state index in [4.69, 9.17) is 0 Å². The third-order valence-corrected chi connectivity index (χ3v) is 2.30. The molecule has 0 aliphatic heterocycles. The van der Waals surface area contributed by atoms with Gasteiger partial charge in [0.15, 0.2) is 0 Å². The minimum atomic E-state index is 0. The van der Waals surface area contributed by atoms with Crippen LogP contribution in [0.4, 0.5) is 0 Å². The Morgan fingerprint density at radius 2 is 2.14 bits per heavy atom. The summed E-state index contributed by atoms with van der Waals surface area (Å²) in [6.45, 7) is 5.80. The van der Waals surface area contributed by atoms with Crippen LogP contribution in [-0.2, 0) is 4.79 Å². The molecule has 0 fully saturated rings. The van der Waals surface area contributed by atoms with Crippen molar-refractivity contribution in [1.29, 1.82) is 0 Å². The topological polar surface area (TPSA) is 41.1 Å². The quantitative estimate of drug-likeness (QED) is 0.705. The molecule has 0 saturated carbocycles. The highest BCUT2D eigenvalue weighted by atomic mass is 35.5. The summed E-state index contributed by atoms with van der Waals surface area (Å²) in [7, 11) is 0. The van der Waals surface area contributed by atoms with E-state index >= 15 is 0 Å². The van der Waals surface area contributed by atoms with E-state index in [1.165, 1.54) is 0 Å². The molecule has 5 heteroatoms. The maximum atomic E-state index is 11.2. The molecule has 86 valence electrons. The fraction of sp³-hybridized carbons (Fsp3) is 0.889. The first kappa shape index (κ1) is 16.5. The molecule has 0 aromatic heterocycles. The van der Waals surface area contributed by atoms with Crippen molar-refractivity contribution in [3.63, 3.8) is 0 Å². The van der Waals surface area contributed by atoms with E-state index in [-0.39, 0.29) is 18.3 Å². The molecule has 0 aliphatic rings. The fourth-order valence-electron chi connectivity index (χ4n) is 0.971. The lowest BCUT2D eigenvalue weighted by Crippen LogP contribution is -2.38. The van der Waals surface area contributed by atoms with Crippen LogP contribution in [0.1, 0.15) is 20.3 Å². The molecule has 0 saturated heterocycles. The van der Waals surface area contributed by atoms with Gasteiger partial charge < -0.3 is 10.6 Å². The van der Waals surface area contributed by atoms with Gasteiger partial charge in [0.1, 0.15) is 0 Å². The number of thioether (sulfide) groups is 1. The van der Waals surface area contributed by atoms with Crippen LogP contribution in [0.25, 0.3) is 0 Å². The number of nitrogens with one attached hydrogen (secondary N) is 2. The third-order valence-electron chi connectivity index (χ3n) is 1.69. The van der Waals surface area contributed by atoms with Gasteiger partial charge in [-0.1, -0.05) is 6.92 Å². The van der Waals surface area contributed by atoms with Gasteiger partial charge in [0, 0.05) is 24.8 Å². The molecular weight excluding hydrogens is 220 g/mol. The zero-order chi connectivity index (χ0) is 10.1. The molecule has 14 heavy (non-hydrogen) atoms. The number of likely N-dealkylation sites (N-methyl/N-ethyl adjacent to an activating group) is 1. The smallest absolute Gasteiger partial charge is 0.220 e. The standard InChI is InChI=1S/C9H20N2OS.ClH/c1-4-10-8(2)7-11-9(12)5-6-13-3;/h8,10H,4-7H2,1-3H3,(H,11,12);1H/t8-;/m1./s1. The molecule has 1 atom stereocenters. The van der Waals surface area contributed by atoms with Crippen LogP contribution in [-0.4, -0.2) is 37.0 Å². The molecule has 2 N–H and O–H groups in total. The molecular formula is C9H21ClN2OS. The summed E-state index contributed by atoms with van der Waals surface area (Å²) in [4.78, 5) is 11.2. The van der Waals surface area contributed by atoms with Gasteiger partial charge in [-0.2, -0.15) is 11.8 Å². The molecule has 0 aromatic carbocycles. The van der Waals surface area contributed by atoms with Gasteiger partial charge in [0.05, 0.1) is 0 Å². The lowest BCUT2D eigenvalue weighted by Gasteiger charge is -2.12. The fourth-order valence-corrected chi connectivity index (χ4v) is 1.36. The van der Waals surface area contributed by atoms with Gasteiger partial charge in [0.2, 0.25) is 5.91 Å². The number of amides is 1. The number of rotatable bonds is 7. The predicted octanol–water partition coefficient (Wildman–Crippen LogP) is 1.28. The summed E-state index contributed by atoms with van der Waals surface area (Å²) >= 11 is 1.70. The van der Waals surface area contributed by atoms with Crippen molar-refractivity contribution < 1.29 is 4.79 Å². The molecule has 1 amide bonds.